The summed E-state index contributed by atoms with van der Waals surface area (Å²) in [5.41, 5.74) is 0.366. The molecule has 0 radical (unpaired) electrons. The summed E-state index contributed by atoms with van der Waals surface area (Å²) in [6.45, 7) is 0.657. The number of carboxylic acid groups (broad SMARTS) is 1. The second-order valence-corrected chi connectivity index (χ2v) is 6.50. The Hall–Kier alpha value is -2.25. The predicted octanol–water partition coefficient (Wildman–Crippen LogP) is 3.01. The standard InChI is InChI=1S/C17H18F3NO4/c18-17(19,20)25-14-6-2-1-5-11(14)12-8-13(12)15(22)21-7-3-4-10(9-21)16(23)24/h1-2,5-6,10,12-13H,3-4,7-9H2,(H,23,24)/t10-,12+,13+/m1/s1. The van der Waals surface area contributed by atoms with Gasteiger partial charge < -0.3 is 14.7 Å². The van der Waals surface area contributed by atoms with Crippen LogP contribution >= 0.6 is 0 Å². The van der Waals surface area contributed by atoms with Crippen LogP contribution in [0.1, 0.15) is 30.7 Å². The number of para-hydroxylation sites is 1. The number of carbonyl (C=O) groups excluding carboxylic acids is 1. The van der Waals surface area contributed by atoms with Crippen LogP contribution < -0.4 is 4.74 Å². The van der Waals surface area contributed by atoms with Crippen molar-refractivity contribution >= 4 is 11.9 Å². The number of nitrogens with zero attached hydrogens (tertiary/aromatic N) is 1. The average molecular weight is 357 g/mol. The van der Waals surface area contributed by atoms with Crippen LogP contribution in [0.3, 0.4) is 0 Å². The first-order valence-corrected chi connectivity index (χ1v) is 8.12. The predicted molar refractivity (Wildman–Crippen MR) is 80.9 cm³/mol. The third-order valence-electron chi connectivity index (χ3n) is 4.73. The Kier molecular flexibility index (Phi) is 4.62. The molecular formula is C17H18F3NO4. The number of carboxylic acids is 1. The molecule has 25 heavy (non-hydrogen) atoms. The van der Waals surface area contributed by atoms with Gasteiger partial charge in [0.15, 0.2) is 0 Å². The van der Waals surface area contributed by atoms with Crippen LogP contribution in [0.4, 0.5) is 13.2 Å². The quantitative estimate of drug-likeness (QED) is 0.900. The van der Waals surface area contributed by atoms with E-state index in [1.54, 1.807) is 6.07 Å². The molecule has 1 N–H and O–H groups in total. The zero-order chi connectivity index (χ0) is 18.2. The highest BCUT2D eigenvalue weighted by atomic mass is 19.4. The molecule has 1 saturated carbocycles. The van der Waals surface area contributed by atoms with E-state index in [0.29, 0.717) is 31.4 Å². The fraction of sp³-hybridized carbons (Fsp3) is 0.529. The Morgan fingerprint density at radius 2 is 1.96 bits per heavy atom. The van der Waals surface area contributed by atoms with Crippen molar-refractivity contribution in [1.29, 1.82) is 0 Å². The maximum Gasteiger partial charge on any atom is 0.573 e. The molecular weight excluding hydrogens is 339 g/mol. The molecule has 8 heteroatoms. The van der Waals surface area contributed by atoms with E-state index in [4.69, 9.17) is 5.11 Å². The summed E-state index contributed by atoms with van der Waals surface area (Å²) in [7, 11) is 0. The fourth-order valence-electron chi connectivity index (χ4n) is 3.43. The summed E-state index contributed by atoms with van der Waals surface area (Å²) in [4.78, 5) is 25.2. The van der Waals surface area contributed by atoms with Gasteiger partial charge in [-0.15, -0.1) is 13.2 Å². The highest BCUT2D eigenvalue weighted by Crippen LogP contribution is 2.52. The van der Waals surface area contributed by atoms with Crippen molar-refractivity contribution in [2.75, 3.05) is 13.1 Å². The Bertz CT molecular complexity index is 676. The van der Waals surface area contributed by atoms with Crippen LogP contribution in [0.25, 0.3) is 0 Å². The minimum absolute atomic E-state index is 0.165. The smallest absolute Gasteiger partial charge is 0.481 e. The third-order valence-corrected chi connectivity index (χ3v) is 4.73. The maximum absolute atomic E-state index is 12.6. The lowest BCUT2D eigenvalue weighted by Crippen LogP contribution is -2.43. The average Bonchev–Trinajstić information content (AvgIpc) is 3.33. The molecule has 1 aliphatic heterocycles. The van der Waals surface area contributed by atoms with Crippen molar-refractivity contribution in [1.82, 2.24) is 4.90 Å². The van der Waals surface area contributed by atoms with Gasteiger partial charge >= 0.3 is 12.3 Å². The Balaban J connectivity index is 1.68. The largest absolute Gasteiger partial charge is 0.573 e. The highest BCUT2D eigenvalue weighted by molar-refractivity contribution is 5.84. The first-order chi connectivity index (χ1) is 11.8. The van der Waals surface area contributed by atoms with E-state index in [0.717, 1.165) is 0 Å². The topological polar surface area (TPSA) is 66.8 Å². The number of likely N-dealkylation sites (tertiary alicyclic amines) is 1. The molecule has 1 heterocycles. The van der Waals surface area contributed by atoms with Gasteiger partial charge in [0.25, 0.3) is 0 Å². The minimum Gasteiger partial charge on any atom is -0.481 e. The first kappa shape index (κ1) is 17.6. The van der Waals surface area contributed by atoms with Gasteiger partial charge in [-0.05, 0) is 36.8 Å². The van der Waals surface area contributed by atoms with Gasteiger partial charge in [0.2, 0.25) is 5.91 Å². The second-order valence-electron chi connectivity index (χ2n) is 6.50. The lowest BCUT2D eigenvalue weighted by Gasteiger charge is -2.31. The summed E-state index contributed by atoms with van der Waals surface area (Å²) in [6.07, 6.45) is -3.18. The summed E-state index contributed by atoms with van der Waals surface area (Å²) in [5.74, 6) is -2.69. The molecule has 1 amide bonds. The Morgan fingerprint density at radius 3 is 2.64 bits per heavy atom. The maximum atomic E-state index is 12.6. The fourth-order valence-corrected chi connectivity index (χ4v) is 3.43. The van der Waals surface area contributed by atoms with Crippen molar-refractivity contribution in [2.45, 2.75) is 31.5 Å². The number of hydrogen-bond donors (Lipinski definition) is 1. The van der Waals surface area contributed by atoms with Gasteiger partial charge in [-0.1, -0.05) is 18.2 Å². The van der Waals surface area contributed by atoms with Crippen LogP contribution in [-0.4, -0.2) is 41.3 Å². The van der Waals surface area contributed by atoms with E-state index < -0.39 is 24.2 Å². The van der Waals surface area contributed by atoms with E-state index in [9.17, 15) is 22.8 Å². The molecule has 2 fully saturated rings. The van der Waals surface area contributed by atoms with Gasteiger partial charge in [-0.25, -0.2) is 0 Å². The van der Waals surface area contributed by atoms with Gasteiger partial charge in [0.05, 0.1) is 5.92 Å². The minimum atomic E-state index is -4.79. The van der Waals surface area contributed by atoms with Crippen molar-refractivity contribution in [2.24, 2.45) is 11.8 Å². The molecule has 1 aromatic rings. The zero-order valence-electron chi connectivity index (χ0n) is 13.3. The number of hydrogen-bond acceptors (Lipinski definition) is 3. The number of benzene rings is 1. The molecule has 0 unspecified atom stereocenters. The van der Waals surface area contributed by atoms with Crippen LogP contribution in [0.5, 0.6) is 5.75 Å². The van der Waals surface area contributed by atoms with Crippen LogP contribution in [0, 0.1) is 11.8 Å². The van der Waals surface area contributed by atoms with Crippen LogP contribution in [-0.2, 0) is 9.59 Å². The molecule has 1 aromatic carbocycles. The summed E-state index contributed by atoms with van der Waals surface area (Å²) >= 11 is 0. The Morgan fingerprint density at radius 1 is 1.24 bits per heavy atom. The number of halogens is 3. The molecule has 5 nitrogen and oxygen atoms in total. The molecule has 136 valence electrons. The van der Waals surface area contributed by atoms with Gasteiger partial charge in [-0.2, -0.15) is 0 Å². The summed E-state index contributed by atoms with van der Waals surface area (Å²) in [6, 6.07) is 5.84. The molecule has 0 spiro atoms. The number of carbonyl (C=O) groups is 2. The number of piperidine rings is 1. The van der Waals surface area contributed by atoms with E-state index in [2.05, 4.69) is 4.74 Å². The summed E-state index contributed by atoms with van der Waals surface area (Å²) in [5, 5.41) is 9.11. The molecule has 3 atom stereocenters. The number of alkyl halides is 3. The first-order valence-electron chi connectivity index (χ1n) is 8.12. The van der Waals surface area contributed by atoms with Gasteiger partial charge in [0.1, 0.15) is 5.75 Å². The van der Waals surface area contributed by atoms with Crippen LogP contribution in [0.2, 0.25) is 0 Å². The lowest BCUT2D eigenvalue weighted by atomic mass is 9.97. The molecule has 1 aliphatic carbocycles. The Labute approximate surface area is 142 Å². The van der Waals surface area contributed by atoms with Crippen molar-refractivity contribution in [3.05, 3.63) is 29.8 Å². The van der Waals surface area contributed by atoms with Crippen molar-refractivity contribution in [3.63, 3.8) is 0 Å². The van der Waals surface area contributed by atoms with Crippen molar-refractivity contribution < 1.29 is 32.6 Å². The molecule has 0 bridgehead atoms. The molecule has 2 aliphatic rings. The normalized spacial score (nSPS) is 26.2. The van der Waals surface area contributed by atoms with E-state index in [-0.39, 0.29) is 24.1 Å². The highest BCUT2D eigenvalue weighted by Gasteiger charge is 2.48. The van der Waals surface area contributed by atoms with E-state index in [1.165, 1.54) is 23.1 Å². The zero-order valence-corrected chi connectivity index (χ0v) is 13.3. The second kappa shape index (κ2) is 6.57. The van der Waals surface area contributed by atoms with E-state index >= 15 is 0 Å². The number of ether oxygens (including phenoxy) is 1. The number of rotatable bonds is 4. The lowest BCUT2D eigenvalue weighted by molar-refractivity contribution is -0.274. The number of amides is 1. The summed E-state index contributed by atoms with van der Waals surface area (Å²) < 4.78 is 41.6. The SMILES string of the molecule is O=C(O)[C@@H]1CCCN(C(=O)[C@H]2C[C@H]2c2ccccc2OC(F)(F)F)C1. The van der Waals surface area contributed by atoms with Crippen LogP contribution in [0.15, 0.2) is 24.3 Å². The molecule has 0 aromatic heterocycles. The monoisotopic (exact) mass is 357 g/mol. The number of aliphatic carboxylic acids is 1. The van der Waals surface area contributed by atoms with Gasteiger partial charge in [0, 0.05) is 19.0 Å². The van der Waals surface area contributed by atoms with E-state index in [1.807, 2.05) is 0 Å². The van der Waals surface area contributed by atoms with Gasteiger partial charge in [-0.3, -0.25) is 9.59 Å². The molecule has 3 rings (SSSR count). The molecule has 1 saturated heterocycles. The third kappa shape index (κ3) is 4.05. The van der Waals surface area contributed by atoms with Crippen molar-refractivity contribution in [3.8, 4) is 5.75 Å².